The van der Waals surface area contributed by atoms with Gasteiger partial charge < -0.3 is 26.6 Å². The molecule has 0 amide bonds. The predicted octanol–water partition coefficient (Wildman–Crippen LogP) is -2.63. The van der Waals surface area contributed by atoms with Crippen LogP contribution in [0.2, 0.25) is 0 Å². The second-order valence-electron chi connectivity index (χ2n) is 0.593. The summed E-state index contributed by atoms with van der Waals surface area (Å²) < 4.78 is 0. The summed E-state index contributed by atoms with van der Waals surface area (Å²) in [4.78, 5) is 18.0. The van der Waals surface area contributed by atoms with Gasteiger partial charge in [-0.1, -0.05) is 0 Å². The van der Waals surface area contributed by atoms with Crippen LogP contribution in [-0.2, 0) is 9.59 Å². The van der Waals surface area contributed by atoms with Gasteiger partial charge in [0.2, 0.25) is 0 Å². The summed E-state index contributed by atoms with van der Waals surface area (Å²) in [6, 6.07) is 0. The number of carbonyl (C=O) groups excluding carboxylic acids is 1. The van der Waals surface area contributed by atoms with E-state index in [1.54, 1.807) is 0 Å². The lowest BCUT2D eigenvalue weighted by Gasteiger charge is -1.85. The van der Waals surface area contributed by atoms with Gasteiger partial charge in [-0.3, -0.25) is 0 Å². The van der Waals surface area contributed by atoms with Crippen LogP contribution in [0.4, 0.5) is 0 Å². The maximum Gasteiger partial charge on any atom is 0.351 e. The Labute approximate surface area is 44.6 Å². The van der Waals surface area contributed by atoms with Crippen LogP contribution >= 0.6 is 0 Å². The Balaban J connectivity index is -0.000000125. The number of hydrogen-bond donors (Lipinski definition) is 2. The fraction of sp³-hybridized carbons (Fsp3) is 0. The highest BCUT2D eigenvalue weighted by Gasteiger charge is 1.90. The summed E-state index contributed by atoms with van der Waals surface area (Å²) in [6.45, 7) is 0. The van der Waals surface area contributed by atoms with Crippen molar-refractivity contribution in [2.24, 2.45) is 0 Å². The summed E-state index contributed by atoms with van der Waals surface area (Å²) in [5.74, 6) is -4.01. The van der Waals surface area contributed by atoms with E-state index in [-0.39, 0.29) is 11.6 Å². The summed E-state index contributed by atoms with van der Waals surface area (Å²) in [5, 5.41) is 16.3. The Bertz CT molecular complexity index is 76.4. The minimum atomic E-state index is -2.07. The van der Waals surface area contributed by atoms with Crippen molar-refractivity contribution < 1.29 is 25.3 Å². The molecule has 7 N–H and O–H groups in total. The number of carboxylic acids is 2. The summed E-state index contributed by atoms with van der Waals surface area (Å²) in [5.41, 5.74) is 0. The van der Waals surface area contributed by atoms with E-state index in [0.29, 0.717) is 0 Å². The molecule has 0 radical (unpaired) electrons. The summed E-state index contributed by atoms with van der Waals surface area (Å²) in [6.07, 6.45) is 0. The van der Waals surface area contributed by atoms with Gasteiger partial charge in [0.1, 0.15) is 0 Å². The van der Waals surface area contributed by atoms with E-state index < -0.39 is 11.9 Å². The van der Waals surface area contributed by atoms with E-state index in [1.807, 2.05) is 0 Å². The molecule has 0 spiro atoms. The van der Waals surface area contributed by atoms with Gasteiger partial charge in [0, 0.05) is 0 Å². The first kappa shape index (κ1) is 15.8. The minimum Gasteiger partial charge on any atom is -0.539 e. The van der Waals surface area contributed by atoms with Crippen molar-refractivity contribution in [3.05, 3.63) is 0 Å². The third kappa shape index (κ3) is 8.85. The van der Waals surface area contributed by atoms with Crippen molar-refractivity contribution in [3.8, 4) is 0 Å². The van der Waals surface area contributed by atoms with Crippen LogP contribution in [0, 0.1) is 0 Å². The molecule has 0 fully saturated rings. The van der Waals surface area contributed by atoms with Crippen LogP contribution in [0.15, 0.2) is 0 Å². The highest BCUT2D eigenvalue weighted by molar-refractivity contribution is 6.26. The predicted molar refractivity (Wildman–Crippen MR) is 22.2 cm³/mol. The smallest absolute Gasteiger partial charge is 0.351 e. The number of quaternary nitrogens is 1. The van der Waals surface area contributed by atoms with Gasteiger partial charge in [0.05, 0.1) is 0 Å². The Morgan fingerprint density at radius 2 is 1.50 bits per heavy atom. The molecule has 0 aromatic rings. The van der Waals surface area contributed by atoms with Gasteiger partial charge in [0.15, 0.2) is 5.97 Å². The maximum absolute atomic E-state index is 9.04. The van der Waals surface area contributed by atoms with Gasteiger partial charge in [0.25, 0.3) is 0 Å². The largest absolute Gasteiger partial charge is 0.539 e. The first-order chi connectivity index (χ1) is 2.64. The molecule has 0 aliphatic rings. The molecule has 8 heavy (non-hydrogen) atoms. The third-order valence-electron chi connectivity index (χ3n) is 0.175. The molecule has 6 nitrogen and oxygen atoms in total. The quantitative estimate of drug-likeness (QED) is 0.341. The summed E-state index contributed by atoms with van der Waals surface area (Å²) in [7, 11) is 0. The first-order valence-electron chi connectivity index (χ1n) is 1.09. The monoisotopic (exact) mass is 125 g/mol. The molecule has 50 valence electrons. The second kappa shape index (κ2) is 5.86. The maximum atomic E-state index is 9.04. The Kier molecular flexibility index (Phi) is 11.6. The zero-order valence-corrected chi connectivity index (χ0v) is 4.17. The number of aliphatic carboxylic acids is 2. The number of hydrogen-bond acceptors (Lipinski definition) is 3. The molecule has 0 aliphatic heterocycles. The van der Waals surface area contributed by atoms with Gasteiger partial charge in [-0.2, -0.15) is 0 Å². The van der Waals surface area contributed by atoms with Gasteiger partial charge in [-0.05, 0) is 0 Å². The molecule has 0 saturated carbocycles. The van der Waals surface area contributed by atoms with E-state index in [9.17, 15) is 0 Å². The molecule has 0 unspecified atom stereocenters. The SMILES string of the molecule is O.O=C([O-])C(=O)O.[NH4+]. The average Bonchev–Trinajstić information content (AvgIpc) is 1.36. The lowest BCUT2D eigenvalue weighted by molar-refractivity contribution is -0.303. The zero-order valence-electron chi connectivity index (χ0n) is 4.17. The second-order valence-corrected chi connectivity index (χ2v) is 0.593. The summed E-state index contributed by atoms with van der Waals surface area (Å²) >= 11 is 0. The molecule has 0 aromatic carbocycles. The van der Waals surface area contributed by atoms with Crippen molar-refractivity contribution in [1.29, 1.82) is 0 Å². The van der Waals surface area contributed by atoms with Crippen LogP contribution in [-0.4, -0.2) is 22.5 Å². The average molecular weight is 125 g/mol. The van der Waals surface area contributed by atoms with Crippen LogP contribution in [0.3, 0.4) is 0 Å². The van der Waals surface area contributed by atoms with E-state index in [1.165, 1.54) is 0 Å². The molecule has 0 saturated heterocycles. The number of rotatable bonds is 0. The Morgan fingerprint density at radius 1 is 1.38 bits per heavy atom. The highest BCUT2D eigenvalue weighted by Crippen LogP contribution is 1.49. The molecule has 0 aromatic heterocycles. The van der Waals surface area contributed by atoms with Crippen molar-refractivity contribution in [2.45, 2.75) is 0 Å². The van der Waals surface area contributed by atoms with Crippen molar-refractivity contribution in [2.75, 3.05) is 0 Å². The zero-order chi connectivity index (χ0) is 5.15. The van der Waals surface area contributed by atoms with Gasteiger partial charge in [-0.15, -0.1) is 0 Å². The molecule has 0 bridgehead atoms. The fourth-order valence-corrected chi connectivity index (χ4v) is 0. The number of carboxylic acid groups (broad SMARTS) is 2. The van der Waals surface area contributed by atoms with Gasteiger partial charge in [-0.25, -0.2) is 4.79 Å². The van der Waals surface area contributed by atoms with Crippen LogP contribution in [0.25, 0.3) is 0 Å². The molecule has 0 aliphatic carbocycles. The Morgan fingerprint density at radius 3 is 1.50 bits per heavy atom. The highest BCUT2D eigenvalue weighted by atomic mass is 16.4. The van der Waals surface area contributed by atoms with Crippen LogP contribution in [0.1, 0.15) is 0 Å². The topological polar surface area (TPSA) is 145 Å². The standard InChI is InChI=1S/C2H2O4.H3N.H2O/c3-1(4)2(5)6;;/h(H,3,4)(H,5,6);1H3;1H2. The van der Waals surface area contributed by atoms with Crippen molar-refractivity contribution in [1.82, 2.24) is 6.15 Å². The minimum absolute atomic E-state index is 0. The molecule has 6 heteroatoms. The lowest BCUT2D eigenvalue weighted by atomic mass is 10.7. The van der Waals surface area contributed by atoms with Gasteiger partial charge >= 0.3 is 5.97 Å². The molecule has 0 heterocycles. The third-order valence-corrected chi connectivity index (χ3v) is 0.175. The van der Waals surface area contributed by atoms with E-state index >= 15 is 0 Å². The van der Waals surface area contributed by atoms with E-state index in [4.69, 9.17) is 19.8 Å². The van der Waals surface area contributed by atoms with Crippen LogP contribution < -0.4 is 11.3 Å². The number of carbonyl (C=O) groups is 2. The van der Waals surface area contributed by atoms with E-state index in [0.717, 1.165) is 0 Å². The van der Waals surface area contributed by atoms with Crippen molar-refractivity contribution >= 4 is 11.9 Å². The van der Waals surface area contributed by atoms with Crippen LogP contribution in [0.5, 0.6) is 0 Å². The van der Waals surface area contributed by atoms with E-state index in [2.05, 4.69) is 0 Å². The fourth-order valence-electron chi connectivity index (χ4n) is 0. The first-order valence-corrected chi connectivity index (χ1v) is 1.09. The molecule has 0 atom stereocenters. The normalized spacial score (nSPS) is 5.50. The lowest BCUT2D eigenvalue weighted by Crippen LogP contribution is -2.30. The Hall–Kier alpha value is -1.14. The molecular formula is C2H7NO5. The molecule has 0 rings (SSSR count). The molecular weight excluding hydrogens is 118 g/mol. The van der Waals surface area contributed by atoms with Crippen molar-refractivity contribution in [3.63, 3.8) is 0 Å².